The number of aliphatic hydroxyl groups is 1. The van der Waals surface area contributed by atoms with Crippen molar-refractivity contribution in [3.05, 3.63) is 41.7 Å². The molecule has 4 heteroatoms. The third-order valence-electron chi connectivity index (χ3n) is 2.00. The lowest BCUT2D eigenvalue weighted by molar-refractivity contribution is -0.112. The van der Waals surface area contributed by atoms with E-state index in [1.807, 2.05) is 6.07 Å². The van der Waals surface area contributed by atoms with Crippen molar-refractivity contribution < 1.29 is 9.90 Å². The molecule has 0 atom stereocenters. The fourth-order valence-electron chi connectivity index (χ4n) is 1.32. The monoisotopic (exact) mass is 218 g/mol. The third kappa shape index (κ3) is 2.95. The Bertz CT molecular complexity index is 432. The van der Waals surface area contributed by atoms with Gasteiger partial charge in [0.25, 0.3) is 5.91 Å². The first-order valence-corrected chi connectivity index (χ1v) is 4.84. The van der Waals surface area contributed by atoms with Crippen molar-refractivity contribution in [2.45, 2.75) is 13.8 Å². The minimum absolute atomic E-state index is 0.00357. The van der Waals surface area contributed by atoms with Crippen molar-refractivity contribution in [1.29, 1.82) is 5.41 Å². The van der Waals surface area contributed by atoms with Crippen LogP contribution in [0, 0.1) is 5.41 Å². The first-order chi connectivity index (χ1) is 7.52. The number of hydrogen-bond acceptors (Lipinski definition) is 3. The van der Waals surface area contributed by atoms with Crippen molar-refractivity contribution in [1.82, 2.24) is 0 Å². The molecule has 0 radical (unpaired) electrons. The van der Waals surface area contributed by atoms with E-state index in [0.717, 1.165) is 0 Å². The van der Waals surface area contributed by atoms with Gasteiger partial charge in [-0.3, -0.25) is 4.79 Å². The summed E-state index contributed by atoms with van der Waals surface area (Å²) in [5.74, 6) is -0.625. The molecule has 0 spiro atoms. The predicted octanol–water partition coefficient (Wildman–Crippen LogP) is 2.50. The Labute approximate surface area is 94.1 Å². The highest BCUT2D eigenvalue weighted by Gasteiger charge is 2.15. The summed E-state index contributed by atoms with van der Waals surface area (Å²) in [4.78, 5) is 11.7. The zero-order valence-electron chi connectivity index (χ0n) is 9.24. The number of carbonyl (C=O) groups excluding carboxylic acids is 1. The SMILES string of the molecule is CC(=N)C(C(=O)Nc1ccccc1)=C(C)O. The number of rotatable bonds is 3. The van der Waals surface area contributed by atoms with Crippen LogP contribution < -0.4 is 5.32 Å². The molecule has 1 aromatic carbocycles. The minimum Gasteiger partial charge on any atom is -0.512 e. The van der Waals surface area contributed by atoms with Gasteiger partial charge in [-0.05, 0) is 26.0 Å². The van der Waals surface area contributed by atoms with Crippen molar-refractivity contribution in [3.63, 3.8) is 0 Å². The Morgan fingerprint density at radius 2 is 1.81 bits per heavy atom. The molecular weight excluding hydrogens is 204 g/mol. The number of nitrogens with one attached hydrogen (secondary N) is 2. The van der Waals surface area contributed by atoms with Crippen molar-refractivity contribution >= 4 is 17.3 Å². The van der Waals surface area contributed by atoms with Gasteiger partial charge in [-0.2, -0.15) is 0 Å². The Kier molecular flexibility index (Phi) is 3.83. The number of para-hydroxylation sites is 1. The molecule has 0 aliphatic heterocycles. The fraction of sp³-hybridized carbons (Fsp3) is 0.167. The molecule has 0 bridgehead atoms. The molecule has 1 rings (SSSR count). The minimum atomic E-state index is -0.473. The average molecular weight is 218 g/mol. The van der Waals surface area contributed by atoms with E-state index < -0.39 is 5.91 Å². The normalized spacial score (nSPS) is 11.6. The van der Waals surface area contributed by atoms with Gasteiger partial charge < -0.3 is 15.8 Å². The van der Waals surface area contributed by atoms with E-state index in [9.17, 15) is 9.90 Å². The Morgan fingerprint density at radius 1 is 1.25 bits per heavy atom. The van der Waals surface area contributed by atoms with E-state index >= 15 is 0 Å². The molecule has 16 heavy (non-hydrogen) atoms. The van der Waals surface area contributed by atoms with E-state index in [-0.39, 0.29) is 17.0 Å². The van der Waals surface area contributed by atoms with Gasteiger partial charge in [0.05, 0.1) is 5.57 Å². The van der Waals surface area contributed by atoms with Crippen molar-refractivity contribution in [2.24, 2.45) is 0 Å². The van der Waals surface area contributed by atoms with Gasteiger partial charge in [0.2, 0.25) is 0 Å². The van der Waals surface area contributed by atoms with Gasteiger partial charge in [0.15, 0.2) is 0 Å². The molecule has 4 nitrogen and oxygen atoms in total. The van der Waals surface area contributed by atoms with Crippen LogP contribution in [-0.4, -0.2) is 16.7 Å². The zero-order chi connectivity index (χ0) is 12.1. The summed E-state index contributed by atoms with van der Waals surface area (Å²) in [6.45, 7) is 2.84. The van der Waals surface area contributed by atoms with E-state index in [2.05, 4.69) is 5.32 Å². The van der Waals surface area contributed by atoms with Gasteiger partial charge in [-0.1, -0.05) is 18.2 Å². The first kappa shape index (κ1) is 12.0. The smallest absolute Gasteiger partial charge is 0.260 e. The van der Waals surface area contributed by atoms with Crippen LogP contribution in [0.2, 0.25) is 0 Å². The van der Waals surface area contributed by atoms with Crippen LogP contribution in [0.15, 0.2) is 41.7 Å². The van der Waals surface area contributed by atoms with Crippen LogP contribution in [0.1, 0.15) is 13.8 Å². The van der Waals surface area contributed by atoms with Gasteiger partial charge in [0.1, 0.15) is 5.76 Å². The maximum Gasteiger partial charge on any atom is 0.260 e. The lowest BCUT2D eigenvalue weighted by Gasteiger charge is -2.08. The molecule has 0 heterocycles. The Morgan fingerprint density at radius 3 is 2.25 bits per heavy atom. The average Bonchev–Trinajstić information content (AvgIpc) is 2.17. The topological polar surface area (TPSA) is 73.2 Å². The number of anilines is 1. The summed E-state index contributed by atoms with van der Waals surface area (Å²) in [5.41, 5.74) is 0.671. The lowest BCUT2D eigenvalue weighted by atomic mass is 10.1. The van der Waals surface area contributed by atoms with Crippen LogP contribution in [0.5, 0.6) is 0 Å². The molecular formula is C12H14N2O2. The lowest BCUT2D eigenvalue weighted by Crippen LogP contribution is -2.20. The second kappa shape index (κ2) is 5.11. The van der Waals surface area contributed by atoms with E-state index in [1.54, 1.807) is 24.3 Å². The summed E-state index contributed by atoms with van der Waals surface area (Å²) in [6.07, 6.45) is 0. The van der Waals surface area contributed by atoms with Gasteiger partial charge in [-0.25, -0.2) is 0 Å². The Hall–Kier alpha value is -2.10. The number of benzene rings is 1. The van der Waals surface area contributed by atoms with Gasteiger partial charge >= 0.3 is 0 Å². The molecule has 84 valence electrons. The number of aliphatic hydroxyl groups excluding tert-OH is 1. The summed E-state index contributed by atoms with van der Waals surface area (Å²) in [5, 5.41) is 19.3. The molecule has 0 saturated carbocycles. The molecule has 0 fully saturated rings. The molecule has 0 aromatic heterocycles. The quantitative estimate of drug-likeness (QED) is 0.414. The highest BCUT2D eigenvalue weighted by molar-refractivity contribution is 6.23. The second-order valence-corrected chi connectivity index (χ2v) is 3.41. The van der Waals surface area contributed by atoms with E-state index in [0.29, 0.717) is 5.69 Å². The summed E-state index contributed by atoms with van der Waals surface area (Å²) < 4.78 is 0. The second-order valence-electron chi connectivity index (χ2n) is 3.41. The number of amides is 1. The summed E-state index contributed by atoms with van der Waals surface area (Å²) in [6, 6.07) is 8.90. The number of hydrogen-bond donors (Lipinski definition) is 3. The molecule has 1 amide bonds. The maximum atomic E-state index is 11.7. The molecule has 1 aromatic rings. The number of carbonyl (C=O) groups is 1. The van der Waals surface area contributed by atoms with Gasteiger partial charge in [0, 0.05) is 11.4 Å². The molecule has 3 N–H and O–H groups in total. The van der Waals surface area contributed by atoms with Crippen LogP contribution >= 0.6 is 0 Å². The molecule has 0 unspecified atom stereocenters. The highest BCUT2D eigenvalue weighted by Crippen LogP contribution is 2.10. The van der Waals surface area contributed by atoms with Crippen molar-refractivity contribution in [3.8, 4) is 0 Å². The first-order valence-electron chi connectivity index (χ1n) is 4.84. The maximum absolute atomic E-state index is 11.7. The zero-order valence-corrected chi connectivity index (χ0v) is 9.24. The molecule has 0 aliphatic rings. The standard InChI is InChI=1S/C12H14N2O2/c1-8(13)11(9(2)15)12(16)14-10-6-4-3-5-7-10/h3-7,13,15H,1-2H3,(H,14,16). The molecule has 0 saturated heterocycles. The summed E-state index contributed by atoms with van der Waals surface area (Å²) >= 11 is 0. The number of allylic oxidation sites excluding steroid dienone is 1. The fourth-order valence-corrected chi connectivity index (χ4v) is 1.32. The van der Waals surface area contributed by atoms with Crippen molar-refractivity contribution in [2.75, 3.05) is 5.32 Å². The summed E-state index contributed by atoms with van der Waals surface area (Å²) in [7, 11) is 0. The van der Waals surface area contributed by atoms with Crippen LogP contribution in [-0.2, 0) is 4.79 Å². The third-order valence-corrected chi connectivity index (χ3v) is 2.00. The van der Waals surface area contributed by atoms with Crippen LogP contribution in [0.25, 0.3) is 0 Å². The predicted molar refractivity (Wildman–Crippen MR) is 63.8 cm³/mol. The van der Waals surface area contributed by atoms with Crippen LogP contribution in [0.3, 0.4) is 0 Å². The highest BCUT2D eigenvalue weighted by atomic mass is 16.3. The Balaban J connectivity index is 2.88. The van der Waals surface area contributed by atoms with Crippen LogP contribution in [0.4, 0.5) is 5.69 Å². The van der Waals surface area contributed by atoms with E-state index in [1.165, 1.54) is 13.8 Å². The molecule has 0 aliphatic carbocycles. The largest absolute Gasteiger partial charge is 0.512 e. The van der Waals surface area contributed by atoms with Gasteiger partial charge in [-0.15, -0.1) is 0 Å². The van der Waals surface area contributed by atoms with E-state index in [4.69, 9.17) is 5.41 Å².